The molecule has 1 amide bonds. The molecular weight excluding hydrogens is 404 g/mol. The molecule has 1 fully saturated rings. The summed E-state index contributed by atoms with van der Waals surface area (Å²) in [5.41, 5.74) is 2.50. The van der Waals surface area contributed by atoms with E-state index < -0.39 is 5.97 Å². The second-order valence-corrected chi connectivity index (χ2v) is 7.64. The molecule has 2 heterocycles. The highest BCUT2D eigenvalue weighted by Gasteiger charge is 2.23. The Kier molecular flexibility index (Phi) is 5.92. The molecule has 7 nitrogen and oxygen atoms in total. The number of amides is 1. The van der Waals surface area contributed by atoms with Crippen LogP contribution in [0.2, 0.25) is 5.02 Å². The molecule has 1 saturated heterocycles. The van der Waals surface area contributed by atoms with Gasteiger partial charge in [-0.3, -0.25) is 9.69 Å². The SMILES string of the molecule is COC(=O)c1[nH]c2ccc(Cl)cc2c1NC(=O)CN1CCN(c2ccccc2)CC1. The van der Waals surface area contributed by atoms with Crippen molar-refractivity contribution in [2.75, 3.05) is 50.1 Å². The molecule has 2 aromatic carbocycles. The number of H-pyrrole nitrogens is 1. The Bertz CT molecular complexity index is 1060. The lowest BCUT2D eigenvalue weighted by atomic mass is 10.2. The van der Waals surface area contributed by atoms with Gasteiger partial charge in [-0.2, -0.15) is 0 Å². The van der Waals surface area contributed by atoms with Gasteiger partial charge in [0.05, 0.1) is 19.3 Å². The first-order chi connectivity index (χ1) is 14.5. The quantitative estimate of drug-likeness (QED) is 0.612. The zero-order valence-electron chi connectivity index (χ0n) is 16.7. The van der Waals surface area contributed by atoms with Crippen LogP contribution in [0.5, 0.6) is 0 Å². The zero-order chi connectivity index (χ0) is 21.1. The molecule has 0 aliphatic carbocycles. The number of halogens is 1. The standard InChI is InChI=1S/C22H23ClN4O3/c1-30-22(29)21-20(17-13-15(23)7-8-18(17)24-21)25-19(28)14-26-9-11-27(12-10-26)16-5-3-2-4-6-16/h2-8,13,24H,9-12,14H2,1H3,(H,25,28). The highest BCUT2D eigenvalue weighted by molar-refractivity contribution is 6.31. The summed E-state index contributed by atoms with van der Waals surface area (Å²) in [5, 5.41) is 4.07. The second-order valence-electron chi connectivity index (χ2n) is 7.20. The number of piperazine rings is 1. The van der Waals surface area contributed by atoms with Crippen molar-refractivity contribution in [3.8, 4) is 0 Å². The number of fused-ring (bicyclic) bond motifs is 1. The lowest BCUT2D eigenvalue weighted by Gasteiger charge is -2.35. The van der Waals surface area contributed by atoms with Crippen LogP contribution in [0.25, 0.3) is 10.9 Å². The van der Waals surface area contributed by atoms with E-state index in [9.17, 15) is 9.59 Å². The van der Waals surface area contributed by atoms with Gasteiger partial charge in [0.1, 0.15) is 5.69 Å². The van der Waals surface area contributed by atoms with E-state index in [2.05, 4.69) is 32.2 Å². The number of aromatic nitrogens is 1. The van der Waals surface area contributed by atoms with Crippen molar-refractivity contribution in [2.24, 2.45) is 0 Å². The molecule has 8 heteroatoms. The van der Waals surface area contributed by atoms with Crippen molar-refractivity contribution in [3.05, 3.63) is 59.2 Å². The first-order valence-corrected chi connectivity index (χ1v) is 10.1. The van der Waals surface area contributed by atoms with Crippen LogP contribution in [0.15, 0.2) is 48.5 Å². The van der Waals surface area contributed by atoms with E-state index in [1.807, 2.05) is 18.2 Å². The Morgan fingerprint density at radius 2 is 1.83 bits per heavy atom. The molecule has 156 valence electrons. The minimum atomic E-state index is -0.547. The number of nitrogens with zero attached hydrogens (tertiary/aromatic N) is 2. The van der Waals surface area contributed by atoms with Crippen LogP contribution in [0.3, 0.4) is 0 Å². The van der Waals surface area contributed by atoms with Crippen LogP contribution in [0, 0.1) is 0 Å². The fourth-order valence-corrected chi connectivity index (χ4v) is 3.91. The van der Waals surface area contributed by atoms with E-state index in [1.165, 1.54) is 12.8 Å². The number of carbonyl (C=O) groups is 2. The predicted octanol–water partition coefficient (Wildman–Crippen LogP) is 3.37. The van der Waals surface area contributed by atoms with Crippen molar-refractivity contribution in [2.45, 2.75) is 0 Å². The number of anilines is 2. The van der Waals surface area contributed by atoms with E-state index in [0.717, 1.165) is 26.2 Å². The Morgan fingerprint density at radius 3 is 2.53 bits per heavy atom. The first-order valence-electron chi connectivity index (χ1n) is 9.77. The summed E-state index contributed by atoms with van der Waals surface area (Å²) in [4.78, 5) is 32.4. The largest absolute Gasteiger partial charge is 0.464 e. The number of ether oxygens (including phenoxy) is 1. The summed E-state index contributed by atoms with van der Waals surface area (Å²) in [6.45, 7) is 3.52. The Labute approximate surface area is 179 Å². The van der Waals surface area contributed by atoms with E-state index in [4.69, 9.17) is 16.3 Å². The molecule has 0 bridgehead atoms. The van der Waals surface area contributed by atoms with Crippen molar-refractivity contribution >= 4 is 45.8 Å². The minimum absolute atomic E-state index is 0.186. The highest BCUT2D eigenvalue weighted by Crippen LogP contribution is 2.30. The van der Waals surface area contributed by atoms with Crippen molar-refractivity contribution < 1.29 is 14.3 Å². The second kappa shape index (κ2) is 8.77. The third-order valence-electron chi connectivity index (χ3n) is 5.28. The summed E-state index contributed by atoms with van der Waals surface area (Å²) in [5.74, 6) is -0.733. The average Bonchev–Trinajstić information content (AvgIpc) is 3.11. The number of hydrogen-bond acceptors (Lipinski definition) is 5. The first kappa shape index (κ1) is 20.3. The highest BCUT2D eigenvalue weighted by atomic mass is 35.5. The summed E-state index contributed by atoms with van der Waals surface area (Å²) in [6.07, 6.45) is 0. The number of carbonyl (C=O) groups excluding carboxylic acids is 2. The maximum absolute atomic E-state index is 12.8. The molecule has 0 spiro atoms. The number of methoxy groups -OCH3 is 1. The van der Waals surface area contributed by atoms with Gasteiger partial charge in [-0.15, -0.1) is 0 Å². The fraction of sp³-hybridized carbons (Fsp3) is 0.273. The smallest absolute Gasteiger partial charge is 0.356 e. The normalized spacial score (nSPS) is 14.7. The van der Waals surface area contributed by atoms with Crippen molar-refractivity contribution in [1.82, 2.24) is 9.88 Å². The van der Waals surface area contributed by atoms with Crippen LogP contribution in [0.1, 0.15) is 10.5 Å². The number of aromatic amines is 1. The molecule has 2 N–H and O–H groups in total. The summed E-state index contributed by atoms with van der Waals surface area (Å²) >= 11 is 6.11. The van der Waals surface area contributed by atoms with Crippen LogP contribution >= 0.6 is 11.6 Å². The maximum atomic E-state index is 12.8. The topological polar surface area (TPSA) is 77.7 Å². The lowest BCUT2D eigenvalue weighted by Crippen LogP contribution is -2.48. The van der Waals surface area contributed by atoms with Gasteiger partial charge < -0.3 is 19.9 Å². The van der Waals surface area contributed by atoms with E-state index in [1.54, 1.807) is 18.2 Å². The molecule has 4 rings (SSSR count). The van der Waals surface area contributed by atoms with E-state index in [-0.39, 0.29) is 18.1 Å². The molecule has 0 atom stereocenters. The number of rotatable bonds is 5. The summed E-state index contributed by atoms with van der Waals surface area (Å²) < 4.78 is 4.85. The maximum Gasteiger partial charge on any atom is 0.356 e. The number of nitrogens with one attached hydrogen (secondary N) is 2. The molecule has 1 aliphatic rings. The van der Waals surface area contributed by atoms with E-state index >= 15 is 0 Å². The minimum Gasteiger partial charge on any atom is -0.464 e. The van der Waals surface area contributed by atoms with Crippen LogP contribution in [-0.4, -0.2) is 61.6 Å². The van der Waals surface area contributed by atoms with Gasteiger partial charge in [0.15, 0.2) is 0 Å². The van der Waals surface area contributed by atoms with Gasteiger partial charge >= 0.3 is 5.97 Å². The van der Waals surface area contributed by atoms with Gasteiger partial charge in [0.2, 0.25) is 5.91 Å². The van der Waals surface area contributed by atoms with Gasteiger partial charge in [-0.05, 0) is 30.3 Å². The molecule has 0 saturated carbocycles. The van der Waals surface area contributed by atoms with Gasteiger partial charge in [0.25, 0.3) is 0 Å². The summed E-state index contributed by atoms with van der Waals surface area (Å²) in [7, 11) is 1.30. The monoisotopic (exact) mass is 426 g/mol. The molecule has 0 unspecified atom stereocenters. The number of hydrogen-bond donors (Lipinski definition) is 2. The predicted molar refractivity (Wildman–Crippen MR) is 118 cm³/mol. The fourth-order valence-electron chi connectivity index (χ4n) is 3.73. The Morgan fingerprint density at radius 1 is 1.10 bits per heavy atom. The van der Waals surface area contributed by atoms with Gasteiger partial charge in [-0.25, -0.2) is 4.79 Å². The van der Waals surface area contributed by atoms with Crippen LogP contribution in [-0.2, 0) is 9.53 Å². The third-order valence-corrected chi connectivity index (χ3v) is 5.51. The van der Waals surface area contributed by atoms with Gasteiger partial charge in [0, 0.05) is 47.8 Å². The molecule has 3 aromatic rings. The number of benzene rings is 2. The van der Waals surface area contributed by atoms with Crippen molar-refractivity contribution in [3.63, 3.8) is 0 Å². The zero-order valence-corrected chi connectivity index (χ0v) is 17.4. The number of para-hydroxylation sites is 1. The number of esters is 1. The Hall–Kier alpha value is -3.03. The molecule has 30 heavy (non-hydrogen) atoms. The molecule has 1 aromatic heterocycles. The molecule has 0 radical (unpaired) electrons. The van der Waals surface area contributed by atoms with E-state index in [0.29, 0.717) is 21.6 Å². The van der Waals surface area contributed by atoms with Crippen LogP contribution in [0.4, 0.5) is 11.4 Å². The third kappa shape index (κ3) is 4.27. The van der Waals surface area contributed by atoms with Crippen molar-refractivity contribution in [1.29, 1.82) is 0 Å². The summed E-state index contributed by atoms with van der Waals surface area (Å²) in [6, 6.07) is 15.5. The lowest BCUT2D eigenvalue weighted by molar-refractivity contribution is -0.117. The van der Waals surface area contributed by atoms with Gasteiger partial charge in [-0.1, -0.05) is 29.8 Å². The molecule has 1 aliphatic heterocycles. The Balaban J connectivity index is 1.44. The molecular formula is C22H23ClN4O3. The van der Waals surface area contributed by atoms with Crippen LogP contribution < -0.4 is 10.2 Å². The average molecular weight is 427 g/mol.